The van der Waals surface area contributed by atoms with Gasteiger partial charge in [0.2, 0.25) is 0 Å². The van der Waals surface area contributed by atoms with Gasteiger partial charge in [-0.1, -0.05) is 30.3 Å². The van der Waals surface area contributed by atoms with Crippen LogP contribution >= 0.6 is 11.3 Å². The molecule has 0 aliphatic rings. The van der Waals surface area contributed by atoms with E-state index in [0.717, 1.165) is 18.1 Å². The minimum atomic E-state index is 0.00327. The Labute approximate surface area is 142 Å². The molecule has 0 amide bonds. The largest absolute Gasteiger partial charge is 0.375 e. The van der Waals surface area contributed by atoms with Crippen molar-refractivity contribution in [2.45, 2.75) is 26.5 Å². The van der Waals surface area contributed by atoms with Gasteiger partial charge >= 0.3 is 0 Å². The summed E-state index contributed by atoms with van der Waals surface area (Å²) in [7, 11) is 1.73. The van der Waals surface area contributed by atoms with Gasteiger partial charge in [-0.3, -0.25) is 0 Å². The number of benzene rings is 1. The predicted octanol–water partition coefficient (Wildman–Crippen LogP) is 3.50. The van der Waals surface area contributed by atoms with Crippen molar-refractivity contribution in [2.24, 2.45) is 4.99 Å². The monoisotopic (exact) mass is 331 g/mol. The van der Waals surface area contributed by atoms with Crippen molar-refractivity contribution in [1.82, 2.24) is 10.6 Å². The van der Waals surface area contributed by atoms with Gasteiger partial charge in [0.1, 0.15) is 0 Å². The summed E-state index contributed by atoms with van der Waals surface area (Å²) in [4.78, 5) is 5.97. The van der Waals surface area contributed by atoms with Crippen molar-refractivity contribution in [1.29, 1.82) is 0 Å². The molecule has 2 rings (SSSR count). The van der Waals surface area contributed by atoms with Gasteiger partial charge in [-0.2, -0.15) is 0 Å². The molecule has 0 saturated heterocycles. The summed E-state index contributed by atoms with van der Waals surface area (Å²) in [5.74, 6) is 0.818. The van der Waals surface area contributed by atoms with Crippen LogP contribution in [0.25, 0.3) is 0 Å². The number of thiophene rings is 1. The molecule has 2 N–H and O–H groups in total. The maximum absolute atomic E-state index is 5.59. The van der Waals surface area contributed by atoms with Crippen molar-refractivity contribution in [2.75, 3.05) is 20.2 Å². The second kappa shape index (κ2) is 9.33. The summed E-state index contributed by atoms with van der Waals surface area (Å²) < 4.78 is 5.59. The number of nitrogens with one attached hydrogen (secondary N) is 2. The molecule has 1 atom stereocenters. The standard InChI is InChI=1S/C18H25N3OS/c1-4-19-18(21-13-17-14(2)10-11-23-17)20-12-16(22-3)15-8-6-5-7-9-15/h5-11,16H,4,12-13H2,1-3H3,(H2,19,20,21). The molecular formula is C18H25N3OS. The third kappa shape index (κ3) is 5.37. The van der Waals surface area contributed by atoms with Crippen LogP contribution in [-0.4, -0.2) is 26.2 Å². The molecule has 124 valence electrons. The fourth-order valence-corrected chi connectivity index (χ4v) is 3.08. The molecule has 4 nitrogen and oxygen atoms in total. The molecule has 2 aromatic rings. The van der Waals surface area contributed by atoms with Crippen molar-refractivity contribution < 1.29 is 4.74 Å². The van der Waals surface area contributed by atoms with Gasteiger partial charge in [0.15, 0.2) is 5.96 Å². The molecule has 0 spiro atoms. The van der Waals surface area contributed by atoms with E-state index in [9.17, 15) is 0 Å². The first-order valence-electron chi connectivity index (χ1n) is 7.87. The summed E-state index contributed by atoms with van der Waals surface area (Å²) >= 11 is 1.75. The van der Waals surface area contributed by atoms with E-state index >= 15 is 0 Å². The quantitative estimate of drug-likeness (QED) is 0.603. The molecular weight excluding hydrogens is 306 g/mol. The highest BCUT2D eigenvalue weighted by Crippen LogP contribution is 2.17. The third-order valence-corrected chi connectivity index (χ3v) is 4.61. The number of aryl methyl sites for hydroxylation is 1. The van der Waals surface area contributed by atoms with Crippen LogP contribution in [0.2, 0.25) is 0 Å². The predicted molar refractivity (Wildman–Crippen MR) is 98.1 cm³/mol. The average molecular weight is 331 g/mol. The third-order valence-electron chi connectivity index (χ3n) is 3.60. The highest BCUT2D eigenvalue weighted by molar-refractivity contribution is 7.10. The lowest BCUT2D eigenvalue weighted by Gasteiger charge is -2.18. The van der Waals surface area contributed by atoms with E-state index < -0.39 is 0 Å². The smallest absolute Gasteiger partial charge is 0.191 e. The van der Waals surface area contributed by atoms with Crippen LogP contribution in [-0.2, 0) is 11.3 Å². The zero-order valence-corrected chi connectivity index (χ0v) is 14.8. The van der Waals surface area contributed by atoms with Crippen molar-refractivity contribution in [3.05, 3.63) is 57.8 Å². The number of aliphatic imine (C=N–C) groups is 1. The van der Waals surface area contributed by atoms with Crippen LogP contribution in [0, 0.1) is 6.92 Å². The molecule has 0 radical (unpaired) electrons. The van der Waals surface area contributed by atoms with Gasteiger partial charge in [-0.15, -0.1) is 11.3 Å². The molecule has 0 aliphatic heterocycles. The van der Waals surface area contributed by atoms with Crippen LogP contribution in [0.5, 0.6) is 0 Å². The molecule has 5 heteroatoms. The summed E-state index contributed by atoms with van der Waals surface area (Å²) in [5, 5.41) is 8.76. The van der Waals surface area contributed by atoms with E-state index in [1.165, 1.54) is 10.4 Å². The van der Waals surface area contributed by atoms with Crippen molar-refractivity contribution in [3.63, 3.8) is 0 Å². The minimum absolute atomic E-state index is 0.00327. The van der Waals surface area contributed by atoms with E-state index in [0.29, 0.717) is 13.1 Å². The van der Waals surface area contributed by atoms with Gasteiger partial charge in [0.05, 0.1) is 12.6 Å². The lowest BCUT2D eigenvalue weighted by molar-refractivity contribution is 0.106. The first-order chi connectivity index (χ1) is 11.2. The molecule has 0 aliphatic carbocycles. The molecule has 23 heavy (non-hydrogen) atoms. The van der Waals surface area contributed by atoms with E-state index in [4.69, 9.17) is 4.74 Å². The van der Waals surface area contributed by atoms with E-state index in [1.807, 2.05) is 18.2 Å². The molecule has 0 saturated carbocycles. The number of rotatable bonds is 7. The Hall–Kier alpha value is -1.85. The fourth-order valence-electron chi connectivity index (χ4n) is 2.25. The second-order valence-corrected chi connectivity index (χ2v) is 6.24. The highest BCUT2D eigenvalue weighted by Gasteiger charge is 2.10. The maximum atomic E-state index is 5.59. The lowest BCUT2D eigenvalue weighted by atomic mass is 10.1. The van der Waals surface area contributed by atoms with E-state index in [1.54, 1.807) is 18.4 Å². The minimum Gasteiger partial charge on any atom is -0.375 e. The molecule has 1 heterocycles. The Kier molecular flexibility index (Phi) is 7.10. The zero-order chi connectivity index (χ0) is 16.5. The molecule has 0 fully saturated rings. The Morgan fingerprint density at radius 1 is 1.22 bits per heavy atom. The van der Waals surface area contributed by atoms with Crippen LogP contribution in [0.15, 0.2) is 46.8 Å². The number of nitrogens with zero attached hydrogens (tertiary/aromatic N) is 1. The fraction of sp³-hybridized carbons (Fsp3) is 0.389. The Bertz CT molecular complexity index is 610. The van der Waals surface area contributed by atoms with E-state index in [-0.39, 0.29) is 6.10 Å². The summed E-state index contributed by atoms with van der Waals surface area (Å²) in [6.45, 7) is 6.40. The number of hydrogen-bond donors (Lipinski definition) is 2. The van der Waals surface area contributed by atoms with Gasteiger partial charge in [-0.05, 0) is 36.4 Å². The number of ether oxygens (including phenoxy) is 1. The number of methoxy groups -OCH3 is 1. The SMILES string of the molecule is CCNC(=NCc1sccc1C)NCC(OC)c1ccccc1. The summed E-state index contributed by atoms with van der Waals surface area (Å²) in [6.07, 6.45) is 0.00327. The first kappa shape index (κ1) is 17.5. The van der Waals surface area contributed by atoms with Crippen LogP contribution in [0.4, 0.5) is 0 Å². The number of guanidine groups is 1. The Morgan fingerprint density at radius 3 is 2.61 bits per heavy atom. The number of hydrogen-bond acceptors (Lipinski definition) is 3. The van der Waals surface area contributed by atoms with Crippen molar-refractivity contribution >= 4 is 17.3 Å². The Balaban J connectivity index is 1.97. The zero-order valence-electron chi connectivity index (χ0n) is 14.0. The topological polar surface area (TPSA) is 45.7 Å². The highest BCUT2D eigenvalue weighted by atomic mass is 32.1. The van der Waals surface area contributed by atoms with Gasteiger partial charge in [-0.25, -0.2) is 4.99 Å². The van der Waals surface area contributed by atoms with Gasteiger partial charge in [0.25, 0.3) is 0 Å². The molecule has 1 aromatic heterocycles. The Morgan fingerprint density at radius 2 is 2.00 bits per heavy atom. The van der Waals surface area contributed by atoms with Crippen LogP contribution in [0.3, 0.4) is 0 Å². The maximum Gasteiger partial charge on any atom is 0.191 e. The van der Waals surface area contributed by atoms with Gasteiger partial charge < -0.3 is 15.4 Å². The lowest BCUT2D eigenvalue weighted by Crippen LogP contribution is -2.39. The average Bonchev–Trinajstić information content (AvgIpc) is 2.99. The normalized spacial score (nSPS) is 12.9. The molecule has 1 unspecified atom stereocenters. The van der Waals surface area contributed by atoms with Gasteiger partial charge in [0, 0.05) is 25.1 Å². The summed E-state index contributed by atoms with van der Waals surface area (Å²) in [6, 6.07) is 12.4. The second-order valence-electron chi connectivity index (χ2n) is 5.24. The first-order valence-corrected chi connectivity index (χ1v) is 8.75. The van der Waals surface area contributed by atoms with Crippen LogP contribution in [0.1, 0.15) is 29.0 Å². The van der Waals surface area contributed by atoms with Crippen LogP contribution < -0.4 is 10.6 Å². The molecule has 1 aromatic carbocycles. The van der Waals surface area contributed by atoms with E-state index in [2.05, 4.69) is 53.1 Å². The summed E-state index contributed by atoms with van der Waals surface area (Å²) in [5.41, 5.74) is 2.46. The van der Waals surface area contributed by atoms with Crippen molar-refractivity contribution in [3.8, 4) is 0 Å². The molecule has 0 bridgehead atoms.